The molecule has 0 saturated carbocycles. The van der Waals surface area contributed by atoms with E-state index < -0.39 is 6.04 Å². The Balaban J connectivity index is 0.000000771. The third-order valence-electron chi connectivity index (χ3n) is 2.61. The van der Waals surface area contributed by atoms with Gasteiger partial charge in [0.25, 0.3) is 0 Å². The van der Waals surface area contributed by atoms with Crippen LogP contribution in [-0.4, -0.2) is 31.1 Å². The summed E-state index contributed by atoms with van der Waals surface area (Å²) in [5, 5.41) is 0. The smallest absolute Gasteiger partial charge is 0.177 e. The monoisotopic (exact) mass is 251 g/mol. The van der Waals surface area contributed by atoms with Gasteiger partial charge in [-0.15, -0.1) is 0 Å². The van der Waals surface area contributed by atoms with Crippen molar-refractivity contribution in [1.82, 2.24) is 0 Å². The Bertz CT molecular complexity index is 353. The molecule has 1 aromatic rings. The van der Waals surface area contributed by atoms with E-state index in [-0.39, 0.29) is 18.5 Å². The summed E-state index contributed by atoms with van der Waals surface area (Å²) in [6.45, 7) is 4.99. The second-order valence-electron chi connectivity index (χ2n) is 3.84. The molecular formula is C14H21NO3. The Morgan fingerprint density at radius 2 is 2.00 bits per heavy atom. The number of rotatable bonds is 4. The van der Waals surface area contributed by atoms with Crippen molar-refractivity contribution < 1.29 is 14.3 Å². The molecule has 0 amide bonds. The number of carbonyl (C=O) groups is 1. The van der Waals surface area contributed by atoms with E-state index in [1.54, 1.807) is 0 Å². The number of benzene rings is 1. The number of hydrogen-bond donors (Lipinski definition) is 1. The number of Topliss-reactive ketones (excluding diaryl/α,β-unsaturated/α-hetero) is 1. The Morgan fingerprint density at radius 1 is 1.33 bits per heavy atom. The number of ketones is 1. The highest BCUT2D eigenvalue weighted by molar-refractivity contribution is 5.87. The maximum atomic E-state index is 11.1. The van der Waals surface area contributed by atoms with Crippen LogP contribution in [0.4, 0.5) is 0 Å². The van der Waals surface area contributed by atoms with Crippen molar-refractivity contribution in [3.05, 3.63) is 35.9 Å². The minimum atomic E-state index is -0.532. The quantitative estimate of drug-likeness (QED) is 0.881. The number of hydrogen-bond acceptors (Lipinski definition) is 4. The highest BCUT2D eigenvalue weighted by Gasteiger charge is 2.32. The van der Waals surface area contributed by atoms with E-state index in [9.17, 15) is 4.79 Å². The lowest BCUT2D eigenvalue weighted by molar-refractivity contribution is -0.118. The van der Waals surface area contributed by atoms with Crippen molar-refractivity contribution in [2.75, 3.05) is 13.2 Å². The van der Waals surface area contributed by atoms with E-state index in [2.05, 4.69) is 0 Å². The molecule has 4 nitrogen and oxygen atoms in total. The summed E-state index contributed by atoms with van der Waals surface area (Å²) in [5.74, 6) is -0.0479. The summed E-state index contributed by atoms with van der Waals surface area (Å²) in [7, 11) is 0. The van der Waals surface area contributed by atoms with E-state index in [1.807, 2.05) is 44.2 Å². The lowest BCUT2D eigenvalue weighted by Gasteiger charge is -2.13. The zero-order valence-electron chi connectivity index (χ0n) is 11.0. The second kappa shape index (κ2) is 7.97. The molecule has 0 bridgehead atoms. The zero-order chi connectivity index (χ0) is 13.4. The average molecular weight is 251 g/mol. The molecule has 1 saturated heterocycles. The molecule has 0 aromatic heterocycles. The molecule has 0 radical (unpaired) electrons. The molecule has 2 N–H and O–H groups in total. The van der Waals surface area contributed by atoms with Crippen LogP contribution >= 0.6 is 0 Å². The minimum Gasteiger partial charge on any atom is -0.374 e. The zero-order valence-corrected chi connectivity index (χ0v) is 11.0. The van der Waals surface area contributed by atoms with Crippen molar-refractivity contribution in [2.45, 2.75) is 32.6 Å². The fourth-order valence-corrected chi connectivity index (χ4v) is 1.62. The third kappa shape index (κ3) is 4.22. The molecule has 1 heterocycles. The van der Waals surface area contributed by atoms with Crippen molar-refractivity contribution in [3.8, 4) is 0 Å². The minimum absolute atomic E-state index is 0.0479. The molecular weight excluding hydrogens is 230 g/mol. The van der Waals surface area contributed by atoms with Crippen LogP contribution in [0.2, 0.25) is 0 Å². The summed E-state index contributed by atoms with van der Waals surface area (Å²) >= 11 is 0. The van der Waals surface area contributed by atoms with Gasteiger partial charge in [-0.2, -0.15) is 0 Å². The normalized spacial score (nSPS) is 22.5. The van der Waals surface area contributed by atoms with Gasteiger partial charge in [0.05, 0.1) is 19.3 Å². The highest BCUT2D eigenvalue weighted by Crippen LogP contribution is 2.10. The molecule has 0 spiro atoms. The van der Waals surface area contributed by atoms with Gasteiger partial charge in [-0.25, -0.2) is 0 Å². The molecule has 2 unspecified atom stereocenters. The molecule has 1 fully saturated rings. The van der Waals surface area contributed by atoms with E-state index >= 15 is 0 Å². The van der Waals surface area contributed by atoms with Crippen molar-refractivity contribution >= 4 is 5.78 Å². The van der Waals surface area contributed by atoms with Crippen LogP contribution < -0.4 is 5.73 Å². The van der Waals surface area contributed by atoms with Gasteiger partial charge in [0.2, 0.25) is 0 Å². The van der Waals surface area contributed by atoms with Crippen LogP contribution in [0.15, 0.2) is 30.3 Å². The standard InChI is InChI=1S/C12H15NO3.C2H6/c13-12-10(14)7-16-11(12)8-15-6-9-4-2-1-3-5-9;1-2/h1-5,11-12H,6-8,13H2;1-2H3. The molecule has 1 aliphatic heterocycles. The number of carbonyl (C=O) groups excluding carboxylic acids is 1. The fraction of sp³-hybridized carbons (Fsp3) is 0.500. The van der Waals surface area contributed by atoms with Gasteiger partial charge < -0.3 is 15.2 Å². The van der Waals surface area contributed by atoms with Crippen LogP contribution in [-0.2, 0) is 20.9 Å². The summed E-state index contributed by atoms with van der Waals surface area (Å²) in [6, 6.07) is 9.31. The first-order chi connectivity index (χ1) is 8.77. The molecule has 1 aliphatic rings. The molecule has 2 rings (SSSR count). The van der Waals surface area contributed by atoms with Crippen LogP contribution in [0.5, 0.6) is 0 Å². The molecule has 4 heteroatoms. The third-order valence-corrected chi connectivity index (χ3v) is 2.61. The second-order valence-corrected chi connectivity index (χ2v) is 3.84. The van der Waals surface area contributed by atoms with Crippen molar-refractivity contribution in [3.63, 3.8) is 0 Å². The predicted octanol–water partition coefficient (Wildman–Crippen LogP) is 1.52. The van der Waals surface area contributed by atoms with Gasteiger partial charge in [-0.05, 0) is 5.56 Å². The van der Waals surface area contributed by atoms with Crippen molar-refractivity contribution in [1.29, 1.82) is 0 Å². The lowest BCUT2D eigenvalue weighted by Crippen LogP contribution is -2.38. The van der Waals surface area contributed by atoms with Crippen LogP contribution in [0, 0.1) is 0 Å². The van der Waals surface area contributed by atoms with E-state index in [0.717, 1.165) is 5.56 Å². The number of ether oxygens (including phenoxy) is 2. The Kier molecular flexibility index (Phi) is 6.57. The Hall–Kier alpha value is -1.23. The van der Waals surface area contributed by atoms with Crippen LogP contribution in [0.25, 0.3) is 0 Å². The molecule has 2 atom stereocenters. The summed E-state index contributed by atoms with van der Waals surface area (Å²) in [4.78, 5) is 11.1. The fourth-order valence-electron chi connectivity index (χ4n) is 1.62. The number of nitrogens with two attached hydrogens (primary N) is 1. The van der Waals surface area contributed by atoms with E-state index in [4.69, 9.17) is 15.2 Å². The molecule has 1 aromatic carbocycles. The Morgan fingerprint density at radius 3 is 2.56 bits per heavy atom. The van der Waals surface area contributed by atoms with Gasteiger partial charge >= 0.3 is 0 Å². The van der Waals surface area contributed by atoms with Crippen LogP contribution in [0.3, 0.4) is 0 Å². The summed E-state index contributed by atoms with van der Waals surface area (Å²) in [6.07, 6.45) is -0.295. The lowest BCUT2D eigenvalue weighted by atomic mass is 10.1. The maximum Gasteiger partial charge on any atom is 0.177 e. The van der Waals surface area contributed by atoms with Crippen molar-refractivity contribution in [2.24, 2.45) is 5.73 Å². The Labute approximate surface area is 108 Å². The van der Waals surface area contributed by atoms with Gasteiger partial charge in [-0.3, -0.25) is 4.79 Å². The summed E-state index contributed by atoms with van der Waals surface area (Å²) in [5.41, 5.74) is 6.75. The van der Waals surface area contributed by atoms with E-state index in [1.165, 1.54) is 0 Å². The average Bonchev–Trinajstić information content (AvgIpc) is 2.74. The summed E-state index contributed by atoms with van der Waals surface area (Å²) < 4.78 is 10.7. The highest BCUT2D eigenvalue weighted by atomic mass is 16.5. The van der Waals surface area contributed by atoms with Crippen LogP contribution in [0.1, 0.15) is 19.4 Å². The molecule has 0 aliphatic carbocycles. The first kappa shape index (κ1) is 14.8. The topological polar surface area (TPSA) is 61.6 Å². The van der Waals surface area contributed by atoms with Gasteiger partial charge in [-0.1, -0.05) is 44.2 Å². The SMILES string of the molecule is CC.NC1C(=O)COC1COCc1ccccc1. The van der Waals surface area contributed by atoms with Gasteiger partial charge in [0, 0.05) is 0 Å². The van der Waals surface area contributed by atoms with Gasteiger partial charge in [0.1, 0.15) is 12.7 Å². The first-order valence-corrected chi connectivity index (χ1v) is 6.29. The predicted molar refractivity (Wildman–Crippen MR) is 70.2 cm³/mol. The van der Waals surface area contributed by atoms with Gasteiger partial charge in [0.15, 0.2) is 5.78 Å². The maximum absolute atomic E-state index is 11.1. The van der Waals surface area contributed by atoms with E-state index in [0.29, 0.717) is 13.2 Å². The molecule has 100 valence electrons. The molecule has 18 heavy (non-hydrogen) atoms. The largest absolute Gasteiger partial charge is 0.374 e. The first-order valence-electron chi connectivity index (χ1n) is 6.29.